The molecule has 2 rings (SSSR count). The Morgan fingerprint density at radius 2 is 1.62 bits per heavy atom. The van der Waals surface area contributed by atoms with E-state index in [9.17, 15) is 13.8 Å². The van der Waals surface area contributed by atoms with Crippen molar-refractivity contribution < 1.29 is 13.8 Å². The van der Waals surface area contributed by atoms with Crippen LogP contribution in [0.15, 0.2) is 47.4 Å². The molecule has 0 aliphatic heterocycles. The molecule has 1 atom stereocenters. The highest BCUT2D eigenvalue weighted by Crippen LogP contribution is 2.18. The van der Waals surface area contributed by atoms with E-state index in [1.807, 2.05) is 13.8 Å². The van der Waals surface area contributed by atoms with Crippen LogP contribution in [-0.2, 0) is 10.8 Å². The average Bonchev–Trinajstić information content (AvgIpc) is 2.57. The van der Waals surface area contributed by atoms with Crippen LogP contribution >= 0.6 is 0 Å². The summed E-state index contributed by atoms with van der Waals surface area (Å²) < 4.78 is 11.4. The third-order valence-electron chi connectivity index (χ3n) is 3.53. The predicted molar refractivity (Wildman–Crippen MR) is 95.9 cm³/mol. The van der Waals surface area contributed by atoms with Crippen LogP contribution in [0, 0.1) is 6.92 Å². The average molecular weight is 344 g/mol. The largest absolute Gasteiger partial charge is 0.352 e. The van der Waals surface area contributed by atoms with Gasteiger partial charge in [-0.1, -0.05) is 6.07 Å². The Morgan fingerprint density at radius 1 is 1.00 bits per heavy atom. The van der Waals surface area contributed by atoms with Gasteiger partial charge in [-0.25, -0.2) is 0 Å². The van der Waals surface area contributed by atoms with E-state index in [4.69, 9.17) is 0 Å². The van der Waals surface area contributed by atoms with E-state index in [1.165, 1.54) is 0 Å². The zero-order chi connectivity index (χ0) is 17.7. The first-order chi connectivity index (χ1) is 11.4. The lowest BCUT2D eigenvalue weighted by molar-refractivity contribution is 0.0954. The van der Waals surface area contributed by atoms with Gasteiger partial charge in [0.05, 0.1) is 0 Å². The molecule has 2 aromatic carbocycles. The van der Waals surface area contributed by atoms with Gasteiger partial charge in [0, 0.05) is 45.3 Å². The van der Waals surface area contributed by atoms with Crippen molar-refractivity contribution in [1.29, 1.82) is 0 Å². The van der Waals surface area contributed by atoms with Gasteiger partial charge in [-0.3, -0.25) is 13.8 Å². The number of amides is 2. The number of aryl methyl sites for hydroxylation is 1. The number of hydrogen-bond donors (Lipinski definition) is 2. The highest BCUT2D eigenvalue weighted by molar-refractivity contribution is 7.84. The monoisotopic (exact) mass is 344 g/mol. The Labute approximate surface area is 143 Å². The number of rotatable bonds is 5. The minimum Gasteiger partial charge on any atom is -0.352 e. The quantitative estimate of drug-likeness (QED) is 0.876. The molecule has 0 heterocycles. The van der Waals surface area contributed by atoms with Gasteiger partial charge < -0.3 is 10.6 Å². The molecule has 0 fully saturated rings. The standard InChI is InChI=1S/C18H20N2O3S/c1-4-19-17(21)14-6-5-12(2)16(11-14)20-18(22)13-7-9-15(10-8-13)24(3)23/h5-11H,4H2,1-3H3,(H,19,21)(H,20,22). The normalized spacial score (nSPS) is 11.6. The summed E-state index contributed by atoms with van der Waals surface area (Å²) in [5.74, 6) is -0.456. The Bertz CT molecular complexity index is 785. The van der Waals surface area contributed by atoms with Crippen LogP contribution in [0.25, 0.3) is 0 Å². The molecule has 5 nitrogen and oxygen atoms in total. The second kappa shape index (κ2) is 7.88. The van der Waals surface area contributed by atoms with Crippen molar-refractivity contribution >= 4 is 28.3 Å². The summed E-state index contributed by atoms with van der Waals surface area (Å²) in [6, 6.07) is 11.8. The lowest BCUT2D eigenvalue weighted by Gasteiger charge is -2.11. The molecule has 126 valence electrons. The molecular weight excluding hydrogens is 324 g/mol. The van der Waals surface area contributed by atoms with E-state index in [-0.39, 0.29) is 11.8 Å². The van der Waals surface area contributed by atoms with Gasteiger partial charge in [0.1, 0.15) is 0 Å². The Kier molecular flexibility index (Phi) is 5.87. The fourth-order valence-corrected chi connectivity index (χ4v) is 2.67. The number of carbonyl (C=O) groups excluding carboxylic acids is 2. The number of hydrogen-bond acceptors (Lipinski definition) is 3. The van der Waals surface area contributed by atoms with Crippen molar-refractivity contribution in [3.8, 4) is 0 Å². The van der Waals surface area contributed by atoms with Gasteiger partial charge in [0.15, 0.2) is 0 Å². The van der Waals surface area contributed by atoms with Gasteiger partial charge in [-0.2, -0.15) is 0 Å². The van der Waals surface area contributed by atoms with Gasteiger partial charge in [-0.05, 0) is 55.8 Å². The summed E-state index contributed by atoms with van der Waals surface area (Å²) in [5, 5.41) is 5.55. The maximum atomic E-state index is 12.4. The van der Waals surface area contributed by atoms with Gasteiger partial charge in [-0.15, -0.1) is 0 Å². The summed E-state index contributed by atoms with van der Waals surface area (Å²) in [6.07, 6.45) is 1.59. The van der Waals surface area contributed by atoms with E-state index in [2.05, 4.69) is 10.6 Å². The highest BCUT2D eigenvalue weighted by atomic mass is 32.2. The first kappa shape index (κ1) is 17.9. The summed E-state index contributed by atoms with van der Waals surface area (Å²) in [6.45, 7) is 4.25. The Balaban J connectivity index is 2.20. The van der Waals surface area contributed by atoms with Gasteiger partial charge in [0.25, 0.3) is 11.8 Å². The molecule has 0 aromatic heterocycles. The molecular formula is C18H20N2O3S. The zero-order valence-electron chi connectivity index (χ0n) is 13.9. The molecule has 0 aliphatic carbocycles. The minimum atomic E-state index is -1.08. The smallest absolute Gasteiger partial charge is 0.255 e. The van der Waals surface area contributed by atoms with Crippen LogP contribution < -0.4 is 10.6 Å². The first-order valence-corrected chi connectivity index (χ1v) is 9.12. The van der Waals surface area contributed by atoms with Crippen molar-refractivity contribution in [1.82, 2.24) is 5.32 Å². The van der Waals surface area contributed by atoms with E-state index in [1.54, 1.807) is 48.7 Å². The van der Waals surface area contributed by atoms with Crippen LogP contribution in [0.4, 0.5) is 5.69 Å². The molecule has 1 unspecified atom stereocenters. The molecule has 2 amide bonds. The summed E-state index contributed by atoms with van der Waals surface area (Å²) in [5.41, 5.74) is 2.41. The second-order valence-corrected chi connectivity index (χ2v) is 6.70. The number of carbonyl (C=O) groups is 2. The van der Waals surface area contributed by atoms with E-state index < -0.39 is 10.8 Å². The molecule has 0 aliphatic rings. The van der Waals surface area contributed by atoms with Crippen molar-refractivity contribution in [3.05, 3.63) is 59.2 Å². The van der Waals surface area contributed by atoms with Crippen LogP contribution in [0.1, 0.15) is 33.2 Å². The molecule has 24 heavy (non-hydrogen) atoms. The fourth-order valence-electron chi connectivity index (χ4n) is 2.15. The van der Waals surface area contributed by atoms with Gasteiger partial charge >= 0.3 is 0 Å². The zero-order valence-corrected chi connectivity index (χ0v) is 14.7. The number of anilines is 1. The van der Waals surface area contributed by atoms with Crippen LogP contribution in [-0.4, -0.2) is 28.8 Å². The van der Waals surface area contributed by atoms with Crippen molar-refractivity contribution in [3.63, 3.8) is 0 Å². The summed E-state index contributed by atoms with van der Waals surface area (Å²) in [7, 11) is -1.08. The first-order valence-electron chi connectivity index (χ1n) is 7.56. The molecule has 0 bridgehead atoms. The van der Waals surface area contributed by atoms with Crippen molar-refractivity contribution in [2.24, 2.45) is 0 Å². The molecule has 2 aromatic rings. The topological polar surface area (TPSA) is 75.3 Å². The fraction of sp³-hybridized carbons (Fsp3) is 0.222. The summed E-state index contributed by atoms with van der Waals surface area (Å²) >= 11 is 0. The van der Waals surface area contributed by atoms with Crippen LogP contribution in [0.2, 0.25) is 0 Å². The Morgan fingerprint density at radius 3 is 2.21 bits per heavy atom. The molecule has 6 heteroatoms. The SMILES string of the molecule is CCNC(=O)c1ccc(C)c(NC(=O)c2ccc(S(C)=O)cc2)c1. The molecule has 0 saturated heterocycles. The summed E-state index contributed by atoms with van der Waals surface area (Å²) in [4.78, 5) is 24.9. The van der Waals surface area contributed by atoms with Crippen molar-refractivity contribution in [2.75, 3.05) is 18.1 Å². The Hall–Kier alpha value is -2.47. The molecule has 0 saturated carbocycles. The van der Waals surface area contributed by atoms with Gasteiger partial charge in [0.2, 0.25) is 0 Å². The molecule has 0 spiro atoms. The lowest BCUT2D eigenvalue weighted by atomic mass is 10.1. The maximum absolute atomic E-state index is 12.4. The van der Waals surface area contributed by atoms with Crippen LogP contribution in [0.3, 0.4) is 0 Å². The van der Waals surface area contributed by atoms with Crippen molar-refractivity contribution in [2.45, 2.75) is 18.7 Å². The highest BCUT2D eigenvalue weighted by Gasteiger charge is 2.11. The molecule has 0 radical (unpaired) electrons. The number of nitrogens with one attached hydrogen (secondary N) is 2. The third-order valence-corrected chi connectivity index (χ3v) is 4.47. The number of benzene rings is 2. The minimum absolute atomic E-state index is 0.178. The predicted octanol–water partition coefficient (Wildman–Crippen LogP) is 2.73. The second-order valence-electron chi connectivity index (χ2n) is 5.32. The van der Waals surface area contributed by atoms with Crippen LogP contribution in [0.5, 0.6) is 0 Å². The lowest BCUT2D eigenvalue weighted by Crippen LogP contribution is -2.23. The van der Waals surface area contributed by atoms with E-state index >= 15 is 0 Å². The third kappa shape index (κ3) is 4.29. The maximum Gasteiger partial charge on any atom is 0.255 e. The molecule has 2 N–H and O–H groups in total. The van der Waals surface area contributed by atoms with E-state index in [0.29, 0.717) is 28.3 Å². The van der Waals surface area contributed by atoms with E-state index in [0.717, 1.165) is 5.56 Å².